The van der Waals surface area contributed by atoms with Gasteiger partial charge in [0.2, 0.25) is 0 Å². The molecule has 11 aromatic rings. The van der Waals surface area contributed by atoms with E-state index in [1.165, 1.54) is 38.2 Å². The van der Waals surface area contributed by atoms with Crippen LogP contribution < -0.4 is 4.90 Å². The van der Waals surface area contributed by atoms with Gasteiger partial charge in [-0.3, -0.25) is 0 Å². The number of nitrogens with zero attached hydrogens (tertiary/aromatic N) is 2. The summed E-state index contributed by atoms with van der Waals surface area (Å²) in [4.78, 5) is 2.44. The molecule has 2 aromatic heterocycles. The van der Waals surface area contributed by atoms with Crippen molar-refractivity contribution in [2.24, 2.45) is 0 Å². The van der Waals surface area contributed by atoms with Gasteiger partial charge in [-0.2, -0.15) is 0 Å². The molecule has 9 aromatic carbocycles. The zero-order valence-electron chi connectivity index (χ0n) is 29.9. The number of aromatic nitrogens is 1. The third-order valence-corrected chi connectivity index (χ3v) is 11.0. The number of furan rings is 1. The molecule has 0 aliphatic heterocycles. The lowest BCUT2D eigenvalue weighted by Gasteiger charge is -2.28. The Morgan fingerprint density at radius 2 is 1.05 bits per heavy atom. The van der Waals surface area contributed by atoms with Gasteiger partial charge in [-0.1, -0.05) is 152 Å². The summed E-state index contributed by atoms with van der Waals surface area (Å²) >= 11 is 0. The van der Waals surface area contributed by atoms with E-state index < -0.39 is 0 Å². The van der Waals surface area contributed by atoms with Gasteiger partial charge in [-0.05, 0) is 82.1 Å². The van der Waals surface area contributed by atoms with Crippen LogP contribution in [-0.2, 0) is 0 Å². The van der Waals surface area contributed by atoms with Crippen molar-refractivity contribution in [2.75, 3.05) is 4.90 Å². The van der Waals surface area contributed by atoms with Crippen molar-refractivity contribution in [1.29, 1.82) is 0 Å². The molecule has 0 fully saturated rings. The molecule has 11 rings (SSSR count). The first-order valence-corrected chi connectivity index (χ1v) is 18.8. The standard InChI is InChI=1S/C52H34N2O/c1-4-15-35(16-5-1)36-27-30-40(31-28-36)53(48-26-14-24-44-43-23-12-13-25-47(43)54(51(44)48)39-20-8-3-9-21-39)41-33-45(37-17-6-2-7-18-37)52-46(34-41)50-42-22-11-10-19-38(42)29-32-49(50)55-52/h1-34H. The maximum absolute atomic E-state index is 6.82. The van der Waals surface area contributed by atoms with Crippen LogP contribution in [0.5, 0.6) is 0 Å². The molecule has 0 atom stereocenters. The summed E-state index contributed by atoms with van der Waals surface area (Å²) in [5.74, 6) is 0. The molecule has 0 unspecified atom stereocenters. The quantitative estimate of drug-likeness (QED) is 0.172. The summed E-state index contributed by atoms with van der Waals surface area (Å²) in [7, 11) is 0. The molecule has 0 amide bonds. The Hall–Kier alpha value is -7.36. The summed E-state index contributed by atoms with van der Waals surface area (Å²) in [5, 5.41) is 7.00. The summed E-state index contributed by atoms with van der Waals surface area (Å²) in [5.41, 5.74) is 12.9. The van der Waals surface area contributed by atoms with Gasteiger partial charge < -0.3 is 13.9 Å². The number of rotatable bonds is 6. The number of fused-ring (bicyclic) bond motifs is 8. The van der Waals surface area contributed by atoms with E-state index in [1.807, 2.05) is 0 Å². The monoisotopic (exact) mass is 702 g/mol. The maximum atomic E-state index is 6.82. The second-order valence-corrected chi connectivity index (χ2v) is 14.1. The van der Waals surface area contributed by atoms with Crippen LogP contribution in [0, 0.1) is 0 Å². The lowest BCUT2D eigenvalue weighted by Crippen LogP contribution is -2.12. The third kappa shape index (κ3) is 5.05. The molecule has 0 saturated heterocycles. The fourth-order valence-electron chi connectivity index (χ4n) is 8.48. The highest BCUT2D eigenvalue weighted by Crippen LogP contribution is 2.48. The van der Waals surface area contributed by atoms with Crippen molar-refractivity contribution in [3.8, 4) is 27.9 Å². The zero-order chi connectivity index (χ0) is 36.3. The van der Waals surface area contributed by atoms with Crippen molar-refractivity contribution < 1.29 is 4.42 Å². The largest absolute Gasteiger partial charge is 0.455 e. The first-order valence-electron chi connectivity index (χ1n) is 18.8. The van der Waals surface area contributed by atoms with Crippen LogP contribution in [0.1, 0.15) is 0 Å². The smallest absolute Gasteiger partial charge is 0.143 e. The van der Waals surface area contributed by atoms with E-state index in [0.717, 1.165) is 61.3 Å². The molecular formula is C52H34N2O. The van der Waals surface area contributed by atoms with Crippen molar-refractivity contribution in [2.45, 2.75) is 0 Å². The van der Waals surface area contributed by atoms with Gasteiger partial charge in [-0.25, -0.2) is 0 Å². The maximum Gasteiger partial charge on any atom is 0.143 e. The van der Waals surface area contributed by atoms with E-state index >= 15 is 0 Å². The van der Waals surface area contributed by atoms with Crippen molar-refractivity contribution in [3.05, 3.63) is 206 Å². The summed E-state index contributed by atoms with van der Waals surface area (Å²) in [6.07, 6.45) is 0. The molecule has 3 heteroatoms. The molecule has 55 heavy (non-hydrogen) atoms. The molecule has 3 nitrogen and oxygen atoms in total. The highest BCUT2D eigenvalue weighted by molar-refractivity contribution is 6.22. The summed E-state index contributed by atoms with van der Waals surface area (Å²) < 4.78 is 9.24. The number of anilines is 3. The highest BCUT2D eigenvalue weighted by atomic mass is 16.3. The Bertz CT molecular complexity index is 3180. The SMILES string of the molecule is c1ccc(-c2ccc(N(c3cc(-c4ccccc4)c4oc5ccc6ccccc6c5c4c3)c3cccc4c5ccccc5n(-c5ccccc5)c34)cc2)cc1. The predicted octanol–water partition coefficient (Wildman–Crippen LogP) is 14.6. The minimum Gasteiger partial charge on any atom is -0.455 e. The van der Waals surface area contributed by atoms with Gasteiger partial charge in [0.25, 0.3) is 0 Å². The van der Waals surface area contributed by atoms with Crippen LogP contribution in [0.2, 0.25) is 0 Å². The van der Waals surface area contributed by atoms with E-state index in [1.54, 1.807) is 0 Å². The van der Waals surface area contributed by atoms with E-state index in [2.05, 4.69) is 216 Å². The van der Waals surface area contributed by atoms with Crippen LogP contribution in [0.3, 0.4) is 0 Å². The Labute approximate surface area is 318 Å². The molecule has 0 spiro atoms. The number of benzene rings is 9. The van der Waals surface area contributed by atoms with E-state index in [-0.39, 0.29) is 0 Å². The number of hydrogen-bond acceptors (Lipinski definition) is 2. The molecule has 0 radical (unpaired) electrons. The molecule has 0 aliphatic carbocycles. The van der Waals surface area contributed by atoms with Crippen molar-refractivity contribution in [3.63, 3.8) is 0 Å². The predicted molar refractivity (Wildman–Crippen MR) is 231 cm³/mol. The molecule has 0 bridgehead atoms. The topological polar surface area (TPSA) is 21.3 Å². The molecule has 2 heterocycles. The molecule has 0 aliphatic rings. The molecule has 0 saturated carbocycles. The molecular weight excluding hydrogens is 669 g/mol. The minimum absolute atomic E-state index is 0.883. The molecule has 258 valence electrons. The van der Waals surface area contributed by atoms with Crippen LogP contribution in [0.4, 0.5) is 17.1 Å². The second kappa shape index (κ2) is 12.6. The van der Waals surface area contributed by atoms with Gasteiger partial charge in [0.1, 0.15) is 11.2 Å². The first-order chi connectivity index (χ1) is 27.3. The average molecular weight is 703 g/mol. The zero-order valence-corrected chi connectivity index (χ0v) is 29.9. The van der Waals surface area contributed by atoms with Gasteiger partial charge in [0.05, 0.1) is 16.7 Å². The van der Waals surface area contributed by atoms with Crippen LogP contribution in [0.25, 0.3) is 82.5 Å². The lowest BCUT2D eigenvalue weighted by atomic mass is 9.98. The van der Waals surface area contributed by atoms with Crippen molar-refractivity contribution in [1.82, 2.24) is 4.57 Å². The Balaban J connectivity index is 1.26. The van der Waals surface area contributed by atoms with E-state index in [0.29, 0.717) is 0 Å². The van der Waals surface area contributed by atoms with Gasteiger partial charge >= 0.3 is 0 Å². The Kier molecular flexibility index (Phi) is 7.17. The third-order valence-electron chi connectivity index (χ3n) is 11.0. The van der Waals surface area contributed by atoms with Gasteiger partial charge in [-0.15, -0.1) is 0 Å². The van der Waals surface area contributed by atoms with Gasteiger partial charge in [0, 0.05) is 44.2 Å². The Morgan fingerprint density at radius 3 is 1.84 bits per heavy atom. The normalized spacial score (nSPS) is 11.6. The highest BCUT2D eigenvalue weighted by Gasteiger charge is 2.24. The first kappa shape index (κ1) is 31.2. The summed E-state index contributed by atoms with van der Waals surface area (Å²) in [6.45, 7) is 0. The number of para-hydroxylation sites is 3. The Morgan fingerprint density at radius 1 is 0.418 bits per heavy atom. The van der Waals surface area contributed by atoms with Crippen LogP contribution in [0.15, 0.2) is 211 Å². The van der Waals surface area contributed by atoms with Gasteiger partial charge in [0.15, 0.2) is 0 Å². The lowest BCUT2D eigenvalue weighted by molar-refractivity contribution is 0.670. The number of hydrogen-bond donors (Lipinski definition) is 0. The van der Waals surface area contributed by atoms with E-state index in [4.69, 9.17) is 4.42 Å². The average Bonchev–Trinajstić information content (AvgIpc) is 3.81. The fourth-order valence-corrected chi connectivity index (χ4v) is 8.48. The van der Waals surface area contributed by atoms with E-state index in [9.17, 15) is 0 Å². The van der Waals surface area contributed by atoms with Crippen molar-refractivity contribution >= 4 is 71.6 Å². The minimum atomic E-state index is 0.883. The second-order valence-electron chi connectivity index (χ2n) is 14.1. The van der Waals surface area contributed by atoms with Crippen LogP contribution >= 0.6 is 0 Å². The molecule has 0 N–H and O–H groups in total. The van der Waals surface area contributed by atoms with Crippen LogP contribution in [-0.4, -0.2) is 4.57 Å². The fraction of sp³-hybridized carbons (Fsp3) is 0. The summed E-state index contributed by atoms with van der Waals surface area (Å²) in [6, 6.07) is 73.9.